The van der Waals surface area contributed by atoms with Crippen molar-refractivity contribution >= 4 is 0 Å². The second kappa shape index (κ2) is 8.06. The molecule has 17 heavy (non-hydrogen) atoms. The van der Waals surface area contributed by atoms with E-state index in [1.165, 1.54) is 12.8 Å². The second-order valence-corrected chi connectivity index (χ2v) is 5.71. The van der Waals surface area contributed by atoms with E-state index in [9.17, 15) is 0 Å². The highest BCUT2D eigenvalue weighted by Crippen LogP contribution is 2.23. The molecule has 0 bridgehead atoms. The Balaban J connectivity index is 4.57. The number of rotatable bonds is 9. The molecule has 0 aliphatic carbocycles. The molecule has 1 unspecified atom stereocenters. The van der Waals surface area contributed by atoms with Crippen molar-refractivity contribution in [3.05, 3.63) is 0 Å². The molecule has 0 rings (SSSR count). The van der Waals surface area contributed by atoms with Gasteiger partial charge in [-0.3, -0.25) is 4.90 Å². The first kappa shape index (κ1) is 16.9. The van der Waals surface area contributed by atoms with Crippen molar-refractivity contribution in [1.29, 1.82) is 0 Å². The van der Waals surface area contributed by atoms with E-state index in [1.54, 1.807) is 7.11 Å². The maximum Gasteiger partial charge on any atom is 0.0589 e. The smallest absolute Gasteiger partial charge is 0.0589 e. The van der Waals surface area contributed by atoms with E-state index in [4.69, 9.17) is 10.5 Å². The maximum absolute atomic E-state index is 6.07. The van der Waals surface area contributed by atoms with Gasteiger partial charge in [-0.2, -0.15) is 0 Å². The highest BCUT2D eigenvalue weighted by molar-refractivity contribution is 4.83. The quantitative estimate of drug-likeness (QED) is 0.677. The van der Waals surface area contributed by atoms with E-state index < -0.39 is 0 Å². The van der Waals surface area contributed by atoms with E-state index in [-0.39, 0.29) is 11.5 Å². The Labute approximate surface area is 108 Å². The van der Waals surface area contributed by atoms with E-state index in [0.29, 0.717) is 6.04 Å². The fourth-order valence-corrected chi connectivity index (χ4v) is 2.07. The van der Waals surface area contributed by atoms with E-state index >= 15 is 0 Å². The van der Waals surface area contributed by atoms with Gasteiger partial charge in [-0.05, 0) is 25.2 Å². The summed E-state index contributed by atoms with van der Waals surface area (Å²) < 4.78 is 5.21. The molecule has 0 aliphatic heterocycles. The molecule has 3 nitrogen and oxygen atoms in total. The van der Waals surface area contributed by atoms with Gasteiger partial charge in [-0.25, -0.2) is 0 Å². The molecule has 0 fully saturated rings. The van der Waals surface area contributed by atoms with Crippen LogP contribution in [0.5, 0.6) is 0 Å². The lowest BCUT2D eigenvalue weighted by Gasteiger charge is -2.39. The summed E-state index contributed by atoms with van der Waals surface area (Å²) in [5.74, 6) is 0. The predicted octanol–water partition coefficient (Wildman–Crippen LogP) is 2.50. The van der Waals surface area contributed by atoms with Crippen molar-refractivity contribution in [2.24, 2.45) is 11.1 Å². The molecule has 1 atom stereocenters. The molecule has 0 aromatic rings. The number of nitrogens with zero attached hydrogens (tertiary/aromatic N) is 1. The van der Waals surface area contributed by atoms with Crippen LogP contribution in [0.1, 0.15) is 47.5 Å². The molecule has 0 spiro atoms. The minimum absolute atomic E-state index is 0.149. The molecule has 0 radical (unpaired) electrons. The minimum atomic E-state index is 0.149. The lowest BCUT2D eigenvalue weighted by molar-refractivity contribution is 0.0747. The number of methoxy groups -OCH3 is 1. The summed E-state index contributed by atoms with van der Waals surface area (Å²) >= 11 is 0. The first-order valence-corrected chi connectivity index (χ1v) is 6.87. The molecule has 0 aromatic carbocycles. The average molecular weight is 244 g/mol. The fourth-order valence-electron chi connectivity index (χ4n) is 2.07. The van der Waals surface area contributed by atoms with Crippen LogP contribution >= 0.6 is 0 Å². The van der Waals surface area contributed by atoms with Crippen molar-refractivity contribution < 1.29 is 4.74 Å². The summed E-state index contributed by atoms with van der Waals surface area (Å²) in [4.78, 5) is 2.53. The summed E-state index contributed by atoms with van der Waals surface area (Å²) in [6.07, 6.45) is 2.38. The average Bonchev–Trinajstić information content (AvgIpc) is 2.26. The number of nitrogens with two attached hydrogens (primary N) is 1. The van der Waals surface area contributed by atoms with Crippen molar-refractivity contribution in [3.8, 4) is 0 Å². The van der Waals surface area contributed by atoms with Crippen LogP contribution in [0.2, 0.25) is 0 Å². The lowest BCUT2D eigenvalue weighted by atomic mass is 9.84. The molecule has 0 aliphatic rings. The van der Waals surface area contributed by atoms with Crippen LogP contribution in [0, 0.1) is 5.41 Å². The molecule has 0 saturated carbocycles. The highest BCUT2D eigenvalue weighted by Gasteiger charge is 2.28. The highest BCUT2D eigenvalue weighted by atomic mass is 16.5. The van der Waals surface area contributed by atoms with E-state index in [2.05, 4.69) is 39.5 Å². The summed E-state index contributed by atoms with van der Waals surface area (Å²) in [5.41, 5.74) is 6.22. The molecule has 0 saturated heterocycles. The normalized spacial score (nSPS) is 14.6. The van der Waals surface area contributed by atoms with Gasteiger partial charge in [0.1, 0.15) is 0 Å². The number of hydrogen-bond donors (Lipinski definition) is 1. The monoisotopic (exact) mass is 244 g/mol. The Morgan fingerprint density at radius 2 is 1.76 bits per heavy atom. The van der Waals surface area contributed by atoms with Crippen LogP contribution in [0.3, 0.4) is 0 Å². The molecular weight excluding hydrogens is 212 g/mol. The van der Waals surface area contributed by atoms with Crippen LogP contribution in [0.15, 0.2) is 0 Å². The number of hydrogen-bond acceptors (Lipinski definition) is 3. The van der Waals surface area contributed by atoms with Crippen molar-refractivity contribution in [2.75, 3.05) is 26.8 Å². The van der Waals surface area contributed by atoms with Gasteiger partial charge < -0.3 is 10.5 Å². The molecular formula is C14H32N2O. The Hall–Kier alpha value is -0.120. The lowest BCUT2D eigenvalue weighted by Crippen LogP contribution is -2.48. The van der Waals surface area contributed by atoms with Crippen molar-refractivity contribution in [2.45, 2.75) is 59.5 Å². The Kier molecular flexibility index (Phi) is 8.01. The second-order valence-electron chi connectivity index (χ2n) is 5.71. The van der Waals surface area contributed by atoms with Crippen molar-refractivity contribution in [1.82, 2.24) is 4.90 Å². The molecule has 0 amide bonds. The van der Waals surface area contributed by atoms with Crippen LogP contribution in [-0.4, -0.2) is 43.8 Å². The van der Waals surface area contributed by atoms with Crippen LogP contribution in [0.25, 0.3) is 0 Å². The van der Waals surface area contributed by atoms with Gasteiger partial charge in [0.2, 0.25) is 0 Å². The third-order valence-corrected chi connectivity index (χ3v) is 3.88. The first-order valence-electron chi connectivity index (χ1n) is 6.87. The third-order valence-electron chi connectivity index (χ3n) is 3.88. The Morgan fingerprint density at radius 3 is 2.12 bits per heavy atom. The molecule has 0 heterocycles. The minimum Gasteiger partial charge on any atom is -0.383 e. The number of ether oxygens (including phenoxy) is 1. The Morgan fingerprint density at radius 1 is 1.24 bits per heavy atom. The largest absolute Gasteiger partial charge is 0.383 e. The van der Waals surface area contributed by atoms with Gasteiger partial charge in [0, 0.05) is 32.3 Å². The van der Waals surface area contributed by atoms with Gasteiger partial charge in [0.25, 0.3) is 0 Å². The van der Waals surface area contributed by atoms with Crippen molar-refractivity contribution in [3.63, 3.8) is 0 Å². The molecule has 2 N–H and O–H groups in total. The first-order chi connectivity index (χ1) is 7.88. The Bertz CT molecular complexity index is 189. The van der Waals surface area contributed by atoms with Gasteiger partial charge in [0.15, 0.2) is 0 Å². The fraction of sp³-hybridized carbons (Fsp3) is 1.00. The van der Waals surface area contributed by atoms with Gasteiger partial charge in [-0.1, -0.05) is 27.7 Å². The van der Waals surface area contributed by atoms with E-state index in [0.717, 1.165) is 19.7 Å². The zero-order valence-corrected chi connectivity index (χ0v) is 12.6. The molecule has 0 aromatic heterocycles. The van der Waals surface area contributed by atoms with Gasteiger partial charge in [-0.15, -0.1) is 0 Å². The summed E-state index contributed by atoms with van der Waals surface area (Å²) in [6, 6.07) is 0.852. The standard InChI is InChI=1S/C14H32N2O/c1-7-13(8-2)16(9-10-17-6)11-14(4,5)12(3)15/h12-13H,7-11,15H2,1-6H3. The molecule has 104 valence electrons. The van der Waals surface area contributed by atoms with Crippen LogP contribution in [-0.2, 0) is 4.74 Å². The summed E-state index contributed by atoms with van der Waals surface area (Å²) in [5, 5.41) is 0. The summed E-state index contributed by atoms with van der Waals surface area (Å²) in [7, 11) is 1.77. The molecule has 3 heteroatoms. The van der Waals surface area contributed by atoms with Gasteiger partial charge in [0.05, 0.1) is 6.61 Å². The topological polar surface area (TPSA) is 38.5 Å². The van der Waals surface area contributed by atoms with Gasteiger partial charge >= 0.3 is 0 Å². The van der Waals surface area contributed by atoms with Crippen LogP contribution in [0.4, 0.5) is 0 Å². The zero-order valence-electron chi connectivity index (χ0n) is 12.6. The zero-order chi connectivity index (χ0) is 13.5. The van der Waals surface area contributed by atoms with Crippen LogP contribution < -0.4 is 5.73 Å². The maximum atomic E-state index is 6.07. The third kappa shape index (κ3) is 5.84. The van der Waals surface area contributed by atoms with E-state index in [1.807, 2.05) is 0 Å². The SMILES string of the molecule is CCC(CC)N(CCOC)CC(C)(C)C(C)N. The predicted molar refractivity (Wildman–Crippen MR) is 75.2 cm³/mol. The summed E-state index contributed by atoms with van der Waals surface area (Å²) in [6.45, 7) is 14.0.